The Morgan fingerprint density at radius 3 is 2.70 bits per heavy atom. The summed E-state index contributed by atoms with van der Waals surface area (Å²) in [5.41, 5.74) is 4.77. The summed E-state index contributed by atoms with van der Waals surface area (Å²) in [7, 11) is 3.66. The molecule has 1 aromatic rings. The highest BCUT2D eigenvalue weighted by Crippen LogP contribution is 2.43. The Bertz CT molecular complexity index is 710. The summed E-state index contributed by atoms with van der Waals surface area (Å²) in [4.78, 5) is 14.1. The predicted octanol–water partition coefficient (Wildman–Crippen LogP) is 3.37. The third-order valence-electron chi connectivity index (χ3n) is 4.91. The van der Waals surface area contributed by atoms with E-state index in [1.165, 1.54) is 18.3 Å². The van der Waals surface area contributed by atoms with Crippen molar-refractivity contribution in [1.82, 2.24) is 5.32 Å². The normalized spacial score (nSPS) is 19.8. The lowest BCUT2D eigenvalue weighted by molar-refractivity contribution is -0.116. The van der Waals surface area contributed by atoms with Crippen LogP contribution in [0.15, 0.2) is 17.7 Å². The van der Waals surface area contributed by atoms with E-state index in [9.17, 15) is 10.1 Å². The second-order valence-corrected chi connectivity index (χ2v) is 6.99. The molecule has 1 aliphatic rings. The maximum atomic E-state index is 11.7. The van der Waals surface area contributed by atoms with Crippen LogP contribution in [0.25, 0.3) is 6.08 Å². The van der Waals surface area contributed by atoms with Gasteiger partial charge in [0.1, 0.15) is 11.6 Å². The van der Waals surface area contributed by atoms with Gasteiger partial charge in [-0.1, -0.05) is 6.92 Å². The minimum Gasteiger partial charge on any atom is -0.369 e. The zero-order valence-electron chi connectivity index (χ0n) is 14.8. The minimum absolute atomic E-state index is 0.121. The number of nitrogens with one attached hydrogen (secondary N) is 1. The first-order valence-electron chi connectivity index (χ1n) is 7.93. The molecular weight excluding hydrogens is 286 g/mol. The number of nitriles is 1. The van der Waals surface area contributed by atoms with Crippen LogP contribution in [0.5, 0.6) is 0 Å². The summed E-state index contributed by atoms with van der Waals surface area (Å²) < 4.78 is 0. The topological polar surface area (TPSA) is 56.1 Å². The number of benzene rings is 1. The number of rotatable bonds is 2. The highest BCUT2D eigenvalue weighted by molar-refractivity contribution is 6.01. The summed E-state index contributed by atoms with van der Waals surface area (Å²) >= 11 is 0. The van der Waals surface area contributed by atoms with Gasteiger partial charge in [0, 0.05) is 25.3 Å². The molecule has 1 atom stereocenters. The van der Waals surface area contributed by atoms with Gasteiger partial charge in [-0.05, 0) is 68.0 Å². The highest BCUT2D eigenvalue weighted by atomic mass is 16.1. The van der Waals surface area contributed by atoms with Gasteiger partial charge in [-0.15, -0.1) is 0 Å². The van der Waals surface area contributed by atoms with Crippen LogP contribution in [0.1, 0.15) is 49.8 Å². The largest absolute Gasteiger partial charge is 0.369 e. The molecule has 1 N–H and O–H groups in total. The number of nitrogens with zero attached hydrogens (tertiary/aromatic N) is 2. The lowest BCUT2D eigenvalue weighted by atomic mass is 9.79. The van der Waals surface area contributed by atoms with Gasteiger partial charge in [0.2, 0.25) is 0 Å². The summed E-state index contributed by atoms with van der Waals surface area (Å²) in [6.45, 7) is 8.77. The number of fused-ring (bicyclic) bond motifs is 1. The summed E-state index contributed by atoms with van der Waals surface area (Å²) in [5.74, 6) is 0.0883. The summed E-state index contributed by atoms with van der Waals surface area (Å²) in [6.07, 6.45) is 2.75. The van der Waals surface area contributed by atoms with Crippen molar-refractivity contribution in [2.24, 2.45) is 0 Å². The van der Waals surface area contributed by atoms with Gasteiger partial charge < -0.3 is 10.2 Å². The third kappa shape index (κ3) is 3.10. The van der Waals surface area contributed by atoms with Crippen molar-refractivity contribution in [2.45, 2.75) is 45.6 Å². The van der Waals surface area contributed by atoms with E-state index < -0.39 is 0 Å². The summed E-state index contributed by atoms with van der Waals surface area (Å²) in [6, 6.07) is 6.27. The SMILES string of the molecule is CNC(=O)/C(C#N)=C\c1cc2c(cc1C)N(C)C(C)(C)CC2C. The number of carbonyl (C=O) groups excluding carboxylic acids is 1. The fraction of sp³-hybridized carbons (Fsp3) is 0.474. The van der Waals surface area contributed by atoms with Crippen LogP contribution >= 0.6 is 0 Å². The molecule has 1 aromatic carbocycles. The number of amides is 1. The lowest BCUT2D eigenvalue weighted by Gasteiger charge is -2.45. The first-order chi connectivity index (χ1) is 10.7. The molecule has 0 radical (unpaired) electrons. The van der Waals surface area contributed by atoms with Gasteiger partial charge in [0.05, 0.1) is 0 Å². The molecule has 1 unspecified atom stereocenters. The number of aryl methyl sites for hydroxylation is 1. The van der Waals surface area contributed by atoms with Crippen molar-refractivity contribution in [3.8, 4) is 6.07 Å². The van der Waals surface area contributed by atoms with Crippen molar-refractivity contribution in [3.63, 3.8) is 0 Å². The van der Waals surface area contributed by atoms with Gasteiger partial charge in [-0.25, -0.2) is 0 Å². The van der Waals surface area contributed by atoms with Gasteiger partial charge >= 0.3 is 0 Å². The average molecular weight is 311 g/mol. The van der Waals surface area contributed by atoms with Gasteiger partial charge in [0.15, 0.2) is 0 Å². The fourth-order valence-electron chi connectivity index (χ4n) is 3.33. The number of carbonyl (C=O) groups is 1. The van der Waals surface area contributed by atoms with Crippen LogP contribution < -0.4 is 10.2 Å². The smallest absolute Gasteiger partial charge is 0.261 e. The summed E-state index contributed by atoms with van der Waals surface area (Å²) in [5, 5.41) is 11.7. The van der Waals surface area contributed by atoms with E-state index in [1.807, 2.05) is 13.0 Å². The van der Waals surface area contributed by atoms with Crippen molar-refractivity contribution < 1.29 is 4.79 Å². The maximum absolute atomic E-state index is 11.7. The predicted molar refractivity (Wildman–Crippen MR) is 94.3 cm³/mol. The highest BCUT2D eigenvalue weighted by Gasteiger charge is 2.34. The molecule has 0 aliphatic carbocycles. The quantitative estimate of drug-likeness (QED) is 0.673. The van der Waals surface area contributed by atoms with Crippen molar-refractivity contribution in [2.75, 3.05) is 19.0 Å². The number of hydrogen-bond donors (Lipinski definition) is 1. The first kappa shape index (κ1) is 17.1. The van der Waals surface area contributed by atoms with Crippen molar-refractivity contribution >= 4 is 17.7 Å². The molecule has 1 amide bonds. The van der Waals surface area contributed by atoms with E-state index in [2.05, 4.69) is 50.2 Å². The average Bonchev–Trinajstić information content (AvgIpc) is 2.50. The van der Waals surface area contributed by atoms with E-state index >= 15 is 0 Å². The molecule has 0 fully saturated rings. The molecule has 4 nitrogen and oxygen atoms in total. The van der Waals surface area contributed by atoms with Gasteiger partial charge in [0.25, 0.3) is 5.91 Å². The molecule has 0 saturated carbocycles. The fourth-order valence-corrected chi connectivity index (χ4v) is 3.33. The zero-order chi connectivity index (χ0) is 17.4. The van der Waals surface area contributed by atoms with Crippen LogP contribution in [0.2, 0.25) is 0 Å². The monoisotopic (exact) mass is 311 g/mol. The maximum Gasteiger partial charge on any atom is 0.261 e. The van der Waals surface area contributed by atoms with E-state index in [4.69, 9.17) is 0 Å². The van der Waals surface area contributed by atoms with Gasteiger partial charge in [-0.3, -0.25) is 4.79 Å². The van der Waals surface area contributed by atoms with E-state index in [0.29, 0.717) is 5.92 Å². The molecular formula is C19H25N3O. The number of anilines is 1. The van der Waals surface area contributed by atoms with Crippen LogP contribution in [-0.2, 0) is 4.79 Å². The van der Waals surface area contributed by atoms with Crippen LogP contribution in [-0.4, -0.2) is 25.5 Å². The second-order valence-electron chi connectivity index (χ2n) is 6.99. The molecule has 1 heterocycles. The molecule has 122 valence electrons. The Hall–Kier alpha value is -2.28. The molecule has 1 aliphatic heterocycles. The Balaban J connectivity index is 2.56. The standard InChI is InChI=1S/C19H25N3O/c1-12-7-17-16(13(2)10-19(3,4)22(17)6)9-14(12)8-15(11-20)18(23)21-5/h7-9,13H,10H2,1-6H3,(H,21,23)/b15-8-. The van der Waals surface area contributed by atoms with Crippen molar-refractivity contribution in [1.29, 1.82) is 5.26 Å². The molecule has 0 spiro atoms. The Morgan fingerprint density at radius 2 is 2.13 bits per heavy atom. The van der Waals surface area contributed by atoms with Crippen LogP contribution in [0.3, 0.4) is 0 Å². The zero-order valence-corrected chi connectivity index (χ0v) is 14.8. The van der Waals surface area contributed by atoms with E-state index in [1.54, 1.807) is 6.08 Å². The van der Waals surface area contributed by atoms with Crippen LogP contribution in [0.4, 0.5) is 5.69 Å². The van der Waals surface area contributed by atoms with E-state index in [-0.39, 0.29) is 17.0 Å². The molecule has 23 heavy (non-hydrogen) atoms. The molecule has 0 bridgehead atoms. The molecule has 0 aromatic heterocycles. The molecule has 2 rings (SSSR count). The lowest BCUT2D eigenvalue weighted by Crippen LogP contribution is -2.45. The van der Waals surface area contributed by atoms with E-state index in [0.717, 1.165) is 17.5 Å². The third-order valence-corrected chi connectivity index (χ3v) is 4.91. The first-order valence-corrected chi connectivity index (χ1v) is 7.93. The Kier molecular flexibility index (Phi) is 4.51. The molecule has 4 heteroatoms. The Labute approximate surface area is 138 Å². The number of hydrogen-bond acceptors (Lipinski definition) is 3. The van der Waals surface area contributed by atoms with Gasteiger partial charge in [-0.2, -0.15) is 5.26 Å². The second kappa shape index (κ2) is 6.08. The Morgan fingerprint density at radius 1 is 1.48 bits per heavy atom. The van der Waals surface area contributed by atoms with Crippen LogP contribution in [0, 0.1) is 18.3 Å². The number of likely N-dealkylation sites (N-methyl/N-ethyl adjacent to an activating group) is 1. The van der Waals surface area contributed by atoms with Crippen molar-refractivity contribution in [3.05, 3.63) is 34.4 Å². The minimum atomic E-state index is -0.351. The molecule has 0 saturated heterocycles.